The highest BCUT2D eigenvalue weighted by Crippen LogP contribution is 2.21. The van der Waals surface area contributed by atoms with Gasteiger partial charge in [0.2, 0.25) is 5.91 Å². The summed E-state index contributed by atoms with van der Waals surface area (Å²) in [6, 6.07) is 12.9. The summed E-state index contributed by atoms with van der Waals surface area (Å²) >= 11 is 0. The van der Waals surface area contributed by atoms with Crippen molar-refractivity contribution in [2.45, 2.75) is 13.3 Å². The molecular weight excluding hydrogens is 359 g/mol. The van der Waals surface area contributed by atoms with Crippen LogP contribution in [-0.4, -0.2) is 42.9 Å². The number of hydrogen-bond acceptors (Lipinski definition) is 4. The highest BCUT2D eigenvalue weighted by Gasteiger charge is 2.20. The molecule has 0 aromatic heterocycles. The third-order valence-electron chi connectivity index (χ3n) is 4.77. The van der Waals surface area contributed by atoms with E-state index in [9.17, 15) is 14.0 Å². The molecule has 0 radical (unpaired) electrons. The highest BCUT2D eigenvalue weighted by atomic mass is 19.1. The van der Waals surface area contributed by atoms with Gasteiger partial charge in [0.1, 0.15) is 5.82 Å². The second-order valence-electron chi connectivity index (χ2n) is 6.53. The molecule has 2 aromatic carbocycles. The Hall–Kier alpha value is -3.40. The van der Waals surface area contributed by atoms with Crippen LogP contribution >= 0.6 is 0 Å². The zero-order chi connectivity index (χ0) is 20.1. The molecule has 7 heteroatoms. The lowest BCUT2D eigenvalue weighted by Gasteiger charge is -2.36. The molecule has 0 bridgehead atoms. The molecule has 0 atom stereocenters. The molecule has 144 valence electrons. The normalized spacial score (nSPS) is 13.8. The first-order valence-corrected chi connectivity index (χ1v) is 9.15. The van der Waals surface area contributed by atoms with Gasteiger partial charge in [-0.1, -0.05) is 6.92 Å². The van der Waals surface area contributed by atoms with Gasteiger partial charge in [0.25, 0.3) is 5.91 Å². The van der Waals surface area contributed by atoms with Gasteiger partial charge in [-0.2, -0.15) is 5.26 Å². The number of carbonyl (C=O) groups is 2. The Morgan fingerprint density at radius 1 is 1.11 bits per heavy atom. The number of nitriles is 1. The summed E-state index contributed by atoms with van der Waals surface area (Å²) in [6.45, 7) is 4.78. The predicted octanol–water partition coefficient (Wildman–Crippen LogP) is 3.01. The van der Waals surface area contributed by atoms with Crippen molar-refractivity contribution < 1.29 is 14.0 Å². The van der Waals surface area contributed by atoms with Crippen LogP contribution in [0.4, 0.5) is 15.8 Å². The van der Waals surface area contributed by atoms with Crippen LogP contribution in [0.2, 0.25) is 0 Å². The third kappa shape index (κ3) is 4.29. The van der Waals surface area contributed by atoms with Crippen molar-refractivity contribution in [1.82, 2.24) is 4.90 Å². The van der Waals surface area contributed by atoms with Crippen LogP contribution in [0.1, 0.15) is 29.3 Å². The van der Waals surface area contributed by atoms with Gasteiger partial charge in [-0.15, -0.1) is 0 Å². The molecule has 1 heterocycles. The number of nitrogens with zero attached hydrogens (tertiary/aromatic N) is 3. The van der Waals surface area contributed by atoms with Gasteiger partial charge in [0, 0.05) is 44.0 Å². The van der Waals surface area contributed by atoms with Crippen molar-refractivity contribution in [2.24, 2.45) is 0 Å². The number of anilines is 2. The number of benzene rings is 2. The molecular formula is C21H21FN4O2. The van der Waals surface area contributed by atoms with Crippen LogP contribution in [0.25, 0.3) is 0 Å². The number of amides is 2. The fraction of sp³-hybridized carbons (Fsp3) is 0.286. The zero-order valence-electron chi connectivity index (χ0n) is 15.6. The maximum atomic E-state index is 14.0. The minimum atomic E-state index is -0.729. The molecule has 1 N–H and O–H groups in total. The van der Waals surface area contributed by atoms with Gasteiger partial charge >= 0.3 is 0 Å². The van der Waals surface area contributed by atoms with E-state index in [1.165, 1.54) is 12.1 Å². The molecule has 1 saturated heterocycles. The van der Waals surface area contributed by atoms with Crippen LogP contribution in [0, 0.1) is 17.1 Å². The third-order valence-corrected chi connectivity index (χ3v) is 4.77. The lowest BCUT2D eigenvalue weighted by atomic mass is 10.1. The predicted molar refractivity (Wildman–Crippen MR) is 105 cm³/mol. The molecule has 0 saturated carbocycles. The average Bonchev–Trinajstić information content (AvgIpc) is 2.73. The first-order chi connectivity index (χ1) is 13.5. The zero-order valence-corrected chi connectivity index (χ0v) is 15.6. The summed E-state index contributed by atoms with van der Waals surface area (Å²) in [4.78, 5) is 28.1. The van der Waals surface area contributed by atoms with Gasteiger partial charge in [0.15, 0.2) is 0 Å². The van der Waals surface area contributed by atoms with Crippen molar-refractivity contribution in [3.8, 4) is 6.07 Å². The van der Waals surface area contributed by atoms with Crippen LogP contribution in [0.3, 0.4) is 0 Å². The Morgan fingerprint density at radius 2 is 1.79 bits per heavy atom. The molecule has 1 aliphatic rings. The van der Waals surface area contributed by atoms with E-state index in [0.29, 0.717) is 25.2 Å². The van der Waals surface area contributed by atoms with E-state index in [-0.39, 0.29) is 17.0 Å². The van der Waals surface area contributed by atoms with Crippen molar-refractivity contribution in [2.75, 3.05) is 36.4 Å². The summed E-state index contributed by atoms with van der Waals surface area (Å²) in [6.07, 6.45) is 0.522. The Morgan fingerprint density at radius 3 is 2.36 bits per heavy atom. The Balaban J connectivity index is 1.61. The minimum absolute atomic E-state index is 0.111. The number of nitrogens with one attached hydrogen (secondary N) is 1. The highest BCUT2D eigenvalue weighted by molar-refractivity contribution is 6.04. The van der Waals surface area contributed by atoms with Crippen molar-refractivity contribution in [1.29, 1.82) is 5.26 Å². The summed E-state index contributed by atoms with van der Waals surface area (Å²) in [7, 11) is 0. The van der Waals surface area contributed by atoms with Crippen molar-refractivity contribution >= 4 is 23.2 Å². The summed E-state index contributed by atoms with van der Waals surface area (Å²) in [5.41, 5.74) is 1.61. The maximum absolute atomic E-state index is 14.0. The van der Waals surface area contributed by atoms with Gasteiger partial charge in [-0.05, 0) is 42.5 Å². The average molecular weight is 380 g/mol. The van der Waals surface area contributed by atoms with Crippen LogP contribution in [0.15, 0.2) is 42.5 Å². The van der Waals surface area contributed by atoms with Crippen molar-refractivity contribution in [3.05, 3.63) is 59.4 Å². The molecule has 2 aromatic rings. The Bertz CT molecular complexity index is 913. The van der Waals surface area contributed by atoms with Gasteiger partial charge in [-0.3, -0.25) is 9.59 Å². The standard InChI is InChI=1S/C21H21FN4O2/c1-2-20(27)26-11-9-25(10-12-26)17-6-4-16(5-7-17)24-21(28)18-8-3-15(14-23)13-19(18)22/h3-8,13H,2,9-12H2,1H3,(H,24,28). The minimum Gasteiger partial charge on any atom is -0.368 e. The lowest BCUT2D eigenvalue weighted by molar-refractivity contribution is -0.131. The SMILES string of the molecule is CCC(=O)N1CCN(c2ccc(NC(=O)c3ccc(C#N)cc3F)cc2)CC1. The Labute approximate surface area is 163 Å². The maximum Gasteiger partial charge on any atom is 0.258 e. The van der Waals surface area contributed by atoms with E-state index in [1.54, 1.807) is 12.1 Å². The van der Waals surface area contributed by atoms with E-state index in [4.69, 9.17) is 5.26 Å². The molecule has 3 rings (SSSR count). The van der Waals surface area contributed by atoms with E-state index >= 15 is 0 Å². The molecule has 28 heavy (non-hydrogen) atoms. The van der Waals surface area contributed by atoms with E-state index < -0.39 is 11.7 Å². The second kappa shape index (κ2) is 8.53. The number of hydrogen-bond donors (Lipinski definition) is 1. The van der Waals surface area contributed by atoms with E-state index in [0.717, 1.165) is 24.8 Å². The summed E-state index contributed by atoms with van der Waals surface area (Å²) in [5.74, 6) is -1.12. The topological polar surface area (TPSA) is 76.4 Å². The fourth-order valence-electron chi connectivity index (χ4n) is 3.16. The number of halogens is 1. The monoisotopic (exact) mass is 380 g/mol. The summed E-state index contributed by atoms with van der Waals surface area (Å²) in [5, 5.41) is 11.4. The van der Waals surface area contributed by atoms with E-state index in [1.807, 2.05) is 30.0 Å². The van der Waals surface area contributed by atoms with Crippen LogP contribution in [0.5, 0.6) is 0 Å². The van der Waals surface area contributed by atoms with E-state index in [2.05, 4.69) is 10.2 Å². The Kier molecular flexibility index (Phi) is 5.90. The first-order valence-electron chi connectivity index (χ1n) is 9.15. The molecule has 0 aliphatic carbocycles. The molecule has 1 aliphatic heterocycles. The summed E-state index contributed by atoms with van der Waals surface area (Å²) < 4.78 is 14.0. The second-order valence-corrected chi connectivity index (χ2v) is 6.53. The van der Waals surface area contributed by atoms with Gasteiger partial charge in [-0.25, -0.2) is 4.39 Å². The van der Waals surface area contributed by atoms with Crippen molar-refractivity contribution in [3.63, 3.8) is 0 Å². The van der Waals surface area contributed by atoms with Gasteiger partial charge < -0.3 is 15.1 Å². The molecule has 0 unspecified atom stereocenters. The molecule has 2 amide bonds. The largest absolute Gasteiger partial charge is 0.368 e. The fourth-order valence-corrected chi connectivity index (χ4v) is 3.16. The lowest BCUT2D eigenvalue weighted by Crippen LogP contribution is -2.48. The number of carbonyl (C=O) groups excluding carboxylic acids is 2. The number of rotatable bonds is 4. The van der Waals surface area contributed by atoms with Crippen LogP contribution < -0.4 is 10.2 Å². The number of piperazine rings is 1. The smallest absolute Gasteiger partial charge is 0.258 e. The van der Waals surface area contributed by atoms with Gasteiger partial charge in [0.05, 0.1) is 17.2 Å². The first kappa shape index (κ1) is 19.4. The quantitative estimate of drug-likeness (QED) is 0.885. The van der Waals surface area contributed by atoms with Crippen LogP contribution in [-0.2, 0) is 4.79 Å². The molecule has 6 nitrogen and oxygen atoms in total. The molecule has 1 fully saturated rings. The molecule has 0 spiro atoms.